The molecular formula is C10H14O5S2. The molecule has 0 aliphatic heterocycles. The number of sulfone groups is 1. The van der Waals surface area contributed by atoms with E-state index in [2.05, 4.69) is 4.18 Å². The molecule has 1 rings (SSSR count). The molecule has 0 radical (unpaired) electrons. The van der Waals surface area contributed by atoms with Gasteiger partial charge in [0.1, 0.15) is 0 Å². The standard InChI is InChI=1S/C10H14O5S2/c1-9-4-3-5-10(8-9)17(13,14)7-6-15-16(2,11)12/h3-5,8H,6-7H2,1-2H3. The van der Waals surface area contributed by atoms with Crippen molar-refractivity contribution in [3.63, 3.8) is 0 Å². The molecule has 0 aliphatic rings. The van der Waals surface area contributed by atoms with Crippen molar-refractivity contribution in [2.45, 2.75) is 11.8 Å². The van der Waals surface area contributed by atoms with E-state index < -0.39 is 20.0 Å². The first-order valence-electron chi connectivity index (χ1n) is 4.84. The van der Waals surface area contributed by atoms with Gasteiger partial charge in [0, 0.05) is 0 Å². The molecule has 0 atom stereocenters. The van der Waals surface area contributed by atoms with Gasteiger partial charge < -0.3 is 0 Å². The van der Waals surface area contributed by atoms with Crippen LogP contribution < -0.4 is 0 Å². The summed E-state index contributed by atoms with van der Waals surface area (Å²) in [5.41, 5.74) is 0.829. The maximum Gasteiger partial charge on any atom is 0.264 e. The van der Waals surface area contributed by atoms with Crippen LogP contribution in [0.3, 0.4) is 0 Å². The van der Waals surface area contributed by atoms with E-state index in [0.29, 0.717) is 0 Å². The predicted octanol–water partition coefficient (Wildman–Crippen LogP) is 0.745. The van der Waals surface area contributed by atoms with Gasteiger partial charge in [0.05, 0.1) is 23.5 Å². The maximum absolute atomic E-state index is 11.8. The van der Waals surface area contributed by atoms with Gasteiger partial charge in [-0.3, -0.25) is 4.18 Å². The fourth-order valence-corrected chi connectivity index (χ4v) is 2.90. The van der Waals surface area contributed by atoms with Gasteiger partial charge in [-0.25, -0.2) is 8.42 Å². The highest BCUT2D eigenvalue weighted by molar-refractivity contribution is 7.91. The van der Waals surface area contributed by atoms with Gasteiger partial charge in [-0.1, -0.05) is 12.1 Å². The molecular weight excluding hydrogens is 264 g/mol. The molecule has 0 N–H and O–H groups in total. The predicted molar refractivity (Wildman–Crippen MR) is 64.0 cm³/mol. The lowest BCUT2D eigenvalue weighted by molar-refractivity contribution is 0.343. The van der Waals surface area contributed by atoms with E-state index in [4.69, 9.17) is 0 Å². The van der Waals surface area contributed by atoms with E-state index in [9.17, 15) is 16.8 Å². The molecule has 1 aromatic carbocycles. The van der Waals surface area contributed by atoms with Crippen LogP contribution in [0.1, 0.15) is 5.56 Å². The Bertz CT molecular complexity index is 587. The molecule has 0 fully saturated rings. The SMILES string of the molecule is Cc1cccc(S(=O)(=O)CCOS(C)(=O)=O)c1. The molecule has 0 saturated carbocycles. The van der Waals surface area contributed by atoms with E-state index in [-0.39, 0.29) is 17.3 Å². The van der Waals surface area contributed by atoms with Crippen molar-refractivity contribution in [3.05, 3.63) is 29.8 Å². The van der Waals surface area contributed by atoms with Crippen molar-refractivity contribution in [2.24, 2.45) is 0 Å². The Morgan fingerprint density at radius 1 is 1.18 bits per heavy atom. The molecule has 0 saturated heterocycles. The highest BCUT2D eigenvalue weighted by Gasteiger charge is 2.15. The van der Waals surface area contributed by atoms with Crippen LogP contribution in [0.15, 0.2) is 29.2 Å². The fraction of sp³-hybridized carbons (Fsp3) is 0.400. The van der Waals surface area contributed by atoms with E-state index in [1.54, 1.807) is 19.1 Å². The second-order valence-electron chi connectivity index (χ2n) is 3.66. The third-order valence-electron chi connectivity index (χ3n) is 2.00. The molecule has 7 heteroatoms. The second kappa shape index (κ2) is 5.16. The summed E-state index contributed by atoms with van der Waals surface area (Å²) in [6.07, 6.45) is 0.881. The number of hydrogen-bond donors (Lipinski definition) is 0. The van der Waals surface area contributed by atoms with Crippen molar-refractivity contribution in [2.75, 3.05) is 18.6 Å². The van der Waals surface area contributed by atoms with Crippen LogP contribution in [0.5, 0.6) is 0 Å². The highest BCUT2D eigenvalue weighted by atomic mass is 32.2. The number of rotatable bonds is 5. The van der Waals surface area contributed by atoms with Crippen LogP contribution in [0, 0.1) is 6.92 Å². The summed E-state index contributed by atoms with van der Waals surface area (Å²) in [6, 6.07) is 6.43. The van der Waals surface area contributed by atoms with E-state index in [1.807, 2.05) is 0 Å². The molecule has 17 heavy (non-hydrogen) atoms. The average Bonchev–Trinajstić information content (AvgIpc) is 2.15. The summed E-state index contributed by atoms with van der Waals surface area (Å²) in [7, 11) is -7.10. The summed E-state index contributed by atoms with van der Waals surface area (Å²) in [6.45, 7) is 1.42. The lowest BCUT2D eigenvalue weighted by Crippen LogP contribution is -2.15. The Balaban J connectivity index is 2.77. The molecule has 0 bridgehead atoms. The van der Waals surface area contributed by atoms with Gasteiger partial charge in [-0.2, -0.15) is 8.42 Å². The summed E-state index contributed by atoms with van der Waals surface area (Å²) >= 11 is 0. The number of hydrogen-bond acceptors (Lipinski definition) is 5. The Morgan fingerprint density at radius 2 is 1.82 bits per heavy atom. The zero-order valence-corrected chi connectivity index (χ0v) is 11.2. The zero-order valence-electron chi connectivity index (χ0n) is 9.58. The molecule has 0 spiro atoms. The maximum atomic E-state index is 11.8. The van der Waals surface area contributed by atoms with Crippen molar-refractivity contribution in [1.29, 1.82) is 0 Å². The van der Waals surface area contributed by atoms with Crippen LogP contribution in [0.4, 0.5) is 0 Å². The highest BCUT2D eigenvalue weighted by Crippen LogP contribution is 2.12. The first-order valence-corrected chi connectivity index (χ1v) is 8.31. The molecule has 5 nitrogen and oxygen atoms in total. The second-order valence-corrected chi connectivity index (χ2v) is 7.41. The Kier molecular flexibility index (Phi) is 4.29. The minimum Gasteiger partial charge on any atom is -0.269 e. The van der Waals surface area contributed by atoms with Crippen molar-refractivity contribution in [3.8, 4) is 0 Å². The summed E-state index contributed by atoms with van der Waals surface area (Å²) < 4.78 is 49.4. The van der Waals surface area contributed by atoms with Crippen molar-refractivity contribution in [1.82, 2.24) is 0 Å². The summed E-state index contributed by atoms with van der Waals surface area (Å²) in [5.74, 6) is -0.358. The average molecular weight is 278 g/mol. The van der Waals surface area contributed by atoms with E-state index in [1.165, 1.54) is 12.1 Å². The molecule has 96 valence electrons. The number of aryl methyl sites for hydroxylation is 1. The van der Waals surface area contributed by atoms with Crippen LogP contribution >= 0.6 is 0 Å². The quantitative estimate of drug-likeness (QED) is 0.743. The molecule has 0 unspecified atom stereocenters. The van der Waals surface area contributed by atoms with Gasteiger partial charge in [0.25, 0.3) is 10.1 Å². The van der Waals surface area contributed by atoms with Crippen LogP contribution in [-0.2, 0) is 24.1 Å². The van der Waals surface area contributed by atoms with Crippen molar-refractivity contribution < 1.29 is 21.0 Å². The smallest absolute Gasteiger partial charge is 0.264 e. The minimum absolute atomic E-state index is 0.176. The monoisotopic (exact) mass is 278 g/mol. The summed E-state index contributed by atoms with van der Waals surface area (Å²) in [4.78, 5) is 0.176. The minimum atomic E-state index is -3.60. The first-order chi connectivity index (χ1) is 7.71. The van der Waals surface area contributed by atoms with Crippen LogP contribution in [-0.4, -0.2) is 35.5 Å². The molecule has 0 aromatic heterocycles. The Hall–Kier alpha value is -0.920. The fourth-order valence-electron chi connectivity index (χ4n) is 1.22. The largest absolute Gasteiger partial charge is 0.269 e. The van der Waals surface area contributed by atoms with Crippen molar-refractivity contribution >= 4 is 20.0 Å². The van der Waals surface area contributed by atoms with E-state index >= 15 is 0 Å². The third kappa shape index (κ3) is 4.84. The summed E-state index contributed by atoms with van der Waals surface area (Å²) in [5, 5.41) is 0. The molecule has 1 aromatic rings. The van der Waals surface area contributed by atoms with Gasteiger partial charge >= 0.3 is 0 Å². The molecule has 0 aliphatic carbocycles. The third-order valence-corrected chi connectivity index (χ3v) is 4.27. The van der Waals surface area contributed by atoms with E-state index in [0.717, 1.165) is 11.8 Å². The zero-order chi connectivity index (χ0) is 13.1. The topological polar surface area (TPSA) is 77.5 Å². The van der Waals surface area contributed by atoms with Gasteiger partial charge in [0.15, 0.2) is 9.84 Å². The van der Waals surface area contributed by atoms with Gasteiger partial charge in [-0.05, 0) is 24.6 Å². The van der Waals surface area contributed by atoms with Crippen LogP contribution in [0.2, 0.25) is 0 Å². The van der Waals surface area contributed by atoms with Gasteiger partial charge in [0.2, 0.25) is 0 Å². The normalized spacial score (nSPS) is 12.6. The molecule has 0 amide bonds. The first kappa shape index (κ1) is 14.1. The Labute approximate surface area is 101 Å². The number of benzene rings is 1. The Morgan fingerprint density at radius 3 is 2.35 bits per heavy atom. The lowest BCUT2D eigenvalue weighted by atomic mass is 10.2. The van der Waals surface area contributed by atoms with Gasteiger partial charge in [-0.15, -0.1) is 0 Å². The molecule has 0 heterocycles. The lowest BCUT2D eigenvalue weighted by Gasteiger charge is -2.05. The van der Waals surface area contributed by atoms with Crippen LogP contribution in [0.25, 0.3) is 0 Å².